The van der Waals surface area contributed by atoms with E-state index in [0.29, 0.717) is 0 Å². The molecule has 13 heteroatoms. The Labute approximate surface area is 225 Å². The highest BCUT2D eigenvalue weighted by molar-refractivity contribution is 9.10. The molecule has 2 aromatic heterocycles. The lowest BCUT2D eigenvalue weighted by molar-refractivity contribution is 0.202. The van der Waals surface area contributed by atoms with Crippen molar-refractivity contribution in [3.63, 3.8) is 0 Å². The van der Waals surface area contributed by atoms with Gasteiger partial charge in [0, 0.05) is 32.9 Å². The fraction of sp³-hybridized carbons (Fsp3) is 0.263. The molecule has 0 atom stereocenters. The molecule has 3 aromatic rings. The topological polar surface area (TPSA) is 128 Å². The predicted octanol–water partition coefficient (Wildman–Crippen LogP) is 3.57. The summed E-state index contributed by atoms with van der Waals surface area (Å²) in [7, 11) is -5.45. The number of halogens is 2. The van der Waals surface area contributed by atoms with Crippen molar-refractivity contribution < 1.29 is 39.8 Å². The fourth-order valence-electron chi connectivity index (χ4n) is 1.87. The van der Waals surface area contributed by atoms with E-state index in [-0.39, 0.29) is 8.95 Å². The lowest BCUT2D eigenvalue weighted by Gasteiger charge is -2.15. The van der Waals surface area contributed by atoms with Crippen LogP contribution in [0.4, 0.5) is 5.82 Å². The summed E-state index contributed by atoms with van der Waals surface area (Å²) in [6.07, 6.45) is -5.89. The minimum atomic E-state index is -5.45. The number of hydrogen-bond donors (Lipinski definition) is 2. The van der Waals surface area contributed by atoms with Gasteiger partial charge in [-0.15, -0.1) is 0 Å². The van der Waals surface area contributed by atoms with Crippen molar-refractivity contribution in [2.45, 2.75) is 13.2 Å². The number of anilines is 1. The summed E-state index contributed by atoms with van der Waals surface area (Å²) in [6.45, 7) is -11.7. The van der Waals surface area contributed by atoms with Crippen molar-refractivity contribution in [3.8, 4) is 23.0 Å². The number of nitrogens with one attached hydrogen (secondary N) is 2. The van der Waals surface area contributed by atoms with Crippen molar-refractivity contribution in [2.75, 3.05) is 24.4 Å². The molecule has 10 nitrogen and oxygen atoms in total. The van der Waals surface area contributed by atoms with Gasteiger partial charge in [0.15, 0.2) is 5.82 Å². The number of ether oxygens (including phenoxy) is 2. The van der Waals surface area contributed by atoms with Crippen LogP contribution in [0, 0.1) is 0 Å². The number of rotatable bonds is 11. The number of hydrogen-bond acceptors (Lipinski definition) is 8. The van der Waals surface area contributed by atoms with Crippen LogP contribution < -0.4 is 18.9 Å². The van der Waals surface area contributed by atoms with Crippen molar-refractivity contribution >= 4 is 47.9 Å². The molecule has 0 saturated carbocycles. The second kappa shape index (κ2) is 11.5. The fourth-order valence-corrected chi connectivity index (χ4v) is 2.89. The summed E-state index contributed by atoms with van der Waals surface area (Å²) in [6, 6.07) is -3.86. The van der Waals surface area contributed by atoms with E-state index >= 15 is 0 Å². The monoisotopic (exact) mass is 602 g/mol. The van der Waals surface area contributed by atoms with Crippen LogP contribution in [-0.4, -0.2) is 48.0 Å². The second-order valence-corrected chi connectivity index (χ2v) is 8.08. The molecular formula is C19H20Br2N6O4S. The molecule has 2 heterocycles. The van der Waals surface area contributed by atoms with Crippen LogP contribution in [0.5, 0.6) is 11.9 Å². The molecule has 170 valence electrons. The maximum absolute atomic E-state index is 13.1. The van der Waals surface area contributed by atoms with Crippen molar-refractivity contribution in [3.05, 3.63) is 51.8 Å². The normalized spacial score (nSPS) is 20.2. The Bertz CT molecular complexity index is 1820. The molecule has 0 bridgehead atoms. The Morgan fingerprint density at radius 2 is 1.84 bits per heavy atom. The third kappa shape index (κ3) is 7.08. The highest BCUT2D eigenvalue weighted by Crippen LogP contribution is 2.34. The first-order chi connectivity index (χ1) is 21.6. The van der Waals surface area contributed by atoms with Crippen LogP contribution in [0.2, 0.25) is 0 Å². The van der Waals surface area contributed by atoms with Crippen LogP contribution in [0.25, 0.3) is 11.1 Å². The second-order valence-electron chi connectivity index (χ2n) is 5.08. The summed E-state index contributed by atoms with van der Waals surface area (Å²) in [5, 5.41) is 0. The molecule has 0 radical (unpaired) electrons. The van der Waals surface area contributed by atoms with E-state index in [9.17, 15) is 8.42 Å². The van der Waals surface area contributed by atoms with Crippen molar-refractivity contribution in [1.29, 1.82) is 0 Å². The SMILES string of the molecule is [2H]c1nc(NS(=O)(=O)NC([2H])([2H])C([2H])([2H])C([2H])([2H])[2H])c(-c2c([2H])c([2H])c(Br)c([2H])c2[2H])c(OC([2H])([2H])COc2nc([2H])c(Br)c([2H])n2)n1. The van der Waals surface area contributed by atoms with Gasteiger partial charge in [-0.1, -0.05) is 34.9 Å². The summed E-state index contributed by atoms with van der Waals surface area (Å²) in [5.41, 5.74) is -1.74. The molecule has 0 saturated heterocycles. The van der Waals surface area contributed by atoms with E-state index in [4.69, 9.17) is 31.4 Å². The van der Waals surface area contributed by atoms with Crippen molar-refractivity contribution in [1.82, 2.24) is 24.7 Å². The number of benzene rings is 1. The first-order valence-corrected chi connectivity index (χ1v) is 11.0. The Hall–Kier alpha value is -2.35. The van der Waals surface area contributed by atoms with Gasteiger partial charge in [0.2, 0.25) is 5.88 Å². The van der Waals surface area contributed by atoms with Gasteiger partial charge in [-0.05, 0) is 40.0 Å². The molecule has 0 amide bonds. The zero-order valence-corrected chi connectivity index (χ0v) is 19.3. The average Bonchev–Trinajstić information content (AvgIpc) is 2.92. The van der Waals surface area contributed by atoms with E-state index in [1.807, 2.05) is 0 Å². The minimum absolute atomic E-state index is 0.0933. The van der Waals surface area contributed by atoms with Gasteiger partial charge in [-0.2, -0.15) is 13.1 Å². The van der Waals surface area contributed by atoms with Gasteiger partial charge in [-0.3, -0.25) is 4.72 Å². The van der Waals surface area contributed by atoms with Crippen molar-refractivity contribution in [2.24, 2.45) is 0 Å². The van der Waals surface area contributed by atoms with Crippen LogP contribution in [0.15, 0.2) is 51.8 Å². The largest absolute Gasteiger partial charge is 0.473 e. The predicted molar refractivity (Wildman–Crippen MR) is 127 cm³/mol. The maximum atomic E-state index is 13.1. The lowest BCUT2D eigenvalue weighted by Crippen LogP contribution is -2.31. The summed E-state index contributed by atoms with van der Waals surface area (Å²) in [4.78, 5) is 14.4. The molecule has 0 aliphatic carbocycles. The van der Waals surface area contributed by atoms with Crippen LogP contribution in [0.3, 0.4) is 0 Å². The average molecular weight is 604 g/mol. The van der Waals surface area contributed by atoms with Gasteiger partial charge >= 0.3 is 6.01 Å². The van der Waals surface area contributed by atoms with E-state index in [2.05, 4.69) is 51.8 Å². The standard InChI is InChI=1S/C19H20Br2N6O4S/c1-2-7-26-32(28,29)27-17-16(13-3-5-14(20)6-4-13)18(25-12-24-17)30-8-9-31-19-22-10-15(21)11-23-19/h3-6,10-12,26H,2,7-9H2,1H3,(H,24,25,27)/i1D3,2D2,3D,4D,5D,6D,7D2,8D2,10D,11D,12D. The zero-order valence-electron chi connectivity index (χ0n) is 31.3. The van der Waals surface area contributed by atoms with Gasteiger partial charge < -0.3 is 9.47 Å². The molecule has 0 fully saturated rings. The Morgan fingerprint density at radius 3 is 2.56 bits per heavy atom. The first kappa shape index (κ1) is 10.7. The van der Waals surface area contributed by atoms with Crippen LogP contribution in [0.1, 0.15) is 35.2 Å². The lowest BCUT2D eigenvalue weighted by atomic mass is 10.1. The zero-order chi connectivity index (χ0) is 36.9. The highest BCUT2D eigenvalue weighted by atomic mass is 79.9. The first-order valence-electron chi connectivity index (χ1n) is 15.9. The Kier molecular flexibility index (Phi) is 3.85. The highest BCUT2D eigenvalue weighted by Gasteiger charge is 2.19. The minimum Gasteiger partial charge on any atom is -0.473 e. The molecular weight excluding hydrogens is 568 g/mol. The van der Waals surface area contributed by atoms with Gasteiger partial charge in [0.1, 0.15) is 20.8 Å². The van der Waals surface area contributed by atoms with Gasteiger partial charge in [0.05, 0.1) is 21.0 Å². The molecule has 0 unspecified atom stereocenters. The molecule has 0 aliphatic heterocycles. The molecule has 32 heavy (non-hydrogen) atoms. The van der Waals surface area contributed by atoms with E-state index in [0.717, 1.165) is 0 Å². The van der Waals surface area contributed by atoms with E-state index in [1.165, 1.54) is 4.72 Å². The molecule has 3 rings (SSSR count). The third-order valence-corrected chi connectivity index (χ3v) is 4.60. The molecule has 1 aromatic carbocycles. The molecule has 0 aliphatic rings. The summed E-state index contributed by atoms with van der Waals surface area (Å²) >= 11 is 5.80. The number of aromatic nitrogens is 4. The smallest absolute Gasteiger partial charge is 0.316 e. The third-order valence-electron chi connectivity index (χ3n) is 3.02. The van der Waals surface area contributed by atoms with Gasteiger partial charge in [0.25, 0.3) is 10.2 Å². The summed E-state index contributed by atoms with van der Waals surface area (Å²) in [5.74, 6) is -2.21. The Morgan fingerprint density at radius 1 is 1.09 bits per heavy atom. The molecule has 2 N–H and O–H groups in total. The van der Waals surface area contributed by atoms with Crippen LogP contribution in [-0.2, 0) is 10.2 Å². The molecule has 0 spiro atoms. The van der Waals surface area contributed by atoms with Gasteiger partial charge in [-0.25, -0.2) is 19.9 Å². The number of nitrogens with zero attached hydrogens (tertiary/aromatic N) is 4. The maximum Gasteiger partial charge on any atom is 0.316 e. The van der Waals surface area contributed by atoms with Crippen LogP contribution >= 0.6 is 31.9 Å². The van der Waals surface area contributed by atoms with E-state index in [1.54, 1.807) is 4.72 Å². The summed E-state index contributed by atoms with van der Waals surface area (Å²) < 4.78 is 165. The Balaban J connectivity index is 2.20. The quantitative estimate of drug-likeness (QED) is 0.340. The van der Waals surface area contributed by atoms with E-state index < -0.39 is 115 Å².